The molecule has 1 unspecified atom stereocenters. The Hall–Kier alpha value is -4.47. The number of aryl methyl sites for hydroxylation is 1. The number of halogens is 1. The number of aromatic nitrogens is 6. The molecule has 0 saturated heterocycles. The number of benzene rings is 1. The van der Waals surface area contributed by atoms with Crippen molar-refractivity contribution in [1.29, 1.82) is 0 Å². The molecule has 0 bridgehead atoms. The predicted molar refractivity (Wildman–Crippen MR) is 128 cm³/mol. The third-order valence-corrected chi connectivity index (χ3v) is 6.16. The van der Waals surface area contributed by atoms with Gasteiger partial charge in [-0.25, -0.2) is 13.8 Å². The first-order chi connectivity index (χ1) is 17.1. The summed E-state index contributed by atoms with van der Waals surface area (Å²) in [4.78, 5) is 4.42. The van der Waals surface area contributed by atoms with E-state index in [4.69, 9.17) is 9.47 Å². The summed E-state index contributed by atoms with van der Waals surface area (Å²) in [7, 11) is 3.32. The Morgan fingerprint density at radius 1 is 1.09 bits per heavy atom. The van der Waals surface area contributed by atoms with Gasteiger partial charge < -0.3 is 14.8 Å². The second kappa shape index (κ2) is 8.39. The summed E-state index contributed by atoms with van der Waals surface area (Å²) in [5.74, 6) is 2.82. The number of methoxy groups -OCH3 is 1. The number of anilines is 2. The molecular formula is C25H22FN7O2. The Kier molecular flexibility index (Phi) is 5.05. The van der Waals surface area contributed by atoms with Crippen molar-refractivity contribution in [2.75, 3.05) is 19.0 Å². The van der Waals surface area contributed by atoms with Crippen molar-refractivity contribution in [3.8, 4) is 22.8 Å². The molecule has 5 heterocycles. The Labute approximate surface area is 200 Å². The number of nitrogens with zero attached hydrogens (tertiary/aromatic N) is 6. The van der Waals surface area contributed by atoms with Crippen molar-refractivity contribution in [2.45, 2.75) is 12.3 Å². The van der Waals surface area contributed by atoms with Crippen molar-refractivity contribution < 1.29 is 13.9 Å². The maximum atomic E-state index is 14.2. The molecule has 0 aliphatic carbocycles. The molecule has 4 aromatic heterocycles. The highest BCUT2D eigenvalue weighted by molar-refractivity contribution is 5.72. The van der Waals surface area contributed by atoms with Crippen LogP contribution in [0.25, 0.3) is 16.8 Å². The first kappa shape index (κ1) is 21.1. The lowest BCUT2D eigenvalue weighted by Gasteiger charge is -2.23. The lowest BCUT2D eigenvalue weighted by atomic mass is 9.98. The third-order valence-electron chi connectivity index (χ3n) is 6.16. The SMILES string of the molecule is COc1ccc(CC2COc3cc(-c4ccnc(Nc5ccnn5C)c4)cc4nnc2n34)cc1F. The predicted octanol–water partition coefficient (Wildman–Crippen LogP) is 4.13. The minimum atomic E-state index is -0.382. The molecule has 1 N–H and O–H groups in total. The first-order valence-corrected chi connectivity index (χ1v) is 11.1. The Balaban J connectivity index is 1.30. The van der Waals surface area contributed by atoms with Crippen molar-refractivity contribution in [2.24, 2.45) is 7.05 Å². The van der Waals surface area contributed by atoms with Gasteiger partial charge in [0.15, 0.2) is 17.2 Å². The number of ether oxygens (including phenoxy) is 2. The van der Waals surface area contributed by atoms with Gasteiger partial charge in [-0.1, -0.05) is 6.07 Å². The average Bonchev–Trinajstić information content (AvgIpc) is 3.48. The zero-order valence-corrected chi connectivity index (χ0v) is 19.1. The Morgan fingerprint density at radius 2 is 2.00 bits per heavy atom. The smallest absolute Gasteiger partial charge is 0.201 e. The molecule has 6 rings (SSSR count). The van der Waals surface area contributed by atoms with E-state index in [2.05, 4.69) is 25.6 Å². The van der Waals surface area contributed by atoms with Gasteiger partial charge in [0.05, 0.1) is 19.2 Å². The molecule has 1 aliphatic heterocycles. The Morgan fingerprint density at radius 3 is 2.80 bits per heavy atom. The molecule has 176 valence electrons. The van der Waals surface area contributed by atoms with Gasteiger partial charge in [0.1, 0.15) is 24.1 Å². The Bertz CT molecular complexity index is 1540. The molecule has 0 amide bonds. The maximum absolute atomic E-state index is 14.2. The van der Waals surface area contributed by atoms with Crippen LogP contribution in [0.1, 0.15) is 17.3 Å². The zero-order valence-electron chi connectivity index (χ0n) is 19.1. The van der Waals surface area contributed by atoms with Gasteiger partial charge in [0.2, 0.25) is 5.88 Å². The summed E-state index contributed by atoms with van der Waals surface area (Å²) < 4.78 is 29.0. The molecule has 9 nitrogen and oxygen atoms in total. The lowest BCUT2D eigenvalue weighted by molar-refractivity contribution is 0.245. The third kappa shape index (κ3) is 3.82. The molecule has 5 aromatic rings. The minimum Gasteiger partial charge on any atom is -0.494 e. The van der Waals surface area contributed by atoms with E-state index in [1.807, 2.05) is 47.8 Å². The van der Waals surface area contributed by atoms with Gasteiger partial charge in [0.25, 0.3) is 0 Å². The van der Waals surface area contributed by atoms with Crippen LogP contribution in [-0.4, -0.2) is 43.1 Å². The summed E-state index contributed by atoms with van der Waals surface area (Å²) in [6, 6.07) is 14.7. The zero-order chi connectivity index (χ0) is 23.9. The molecule has 1 aromatic carbocycles. The molecule has 0 saturated carbocycles. The lowest BCUT2D eigenvalue weighted by Crippen LogP contribution is -2.22. The molecule has 0 fully saturated rings. The van der Waals surface area contributed by atoms with E-state index >= 15 is 0 Å². The monoisotopic (exact) mass is 471 g/mol. The topological polar surface area (TPSA) is 91.4 Å². The van der Waals surface area contributed by atoms with Crippen LogP contribution < -0.4 is 14.8 Å². The molecule has 0 spiro atoms. The van der Waals surface area contributed by atoms with Crippen LogP contribution in [-0.2, 0) is 13.5 Å². The molecular weight excluding hydrogens is 449 g/mol. The van der Waals surface area contributed by atoms with Crippen LogP contribution in [0.15, 0.2) is 60.9 Å². The number of pyridine rings is 2. The standard InChI is InChI=1S/C25H22FN7O2/c1-32-22(6-8-28-32)29-21-11-16(5-7-27-21)17-12-23-30-31-25-18(14-35-24(13-17)33(23)25)9-15-3-4-20(34-2)19(26)10-15/h3-8,10-13,18H,9,14H2,1-2H3,(H,27,29). The highest BCUT2D eigenvalue weighted by Crippen LogP contribution is 2.34. The fraction of sp³-hybridized carbons (Fsp3) is 0.200. The molecule has 1 atom stereocenters. The van der Waals surface area contributed by atoms with E-state index in [1.165, 1.54) is 13.2 Å². The molecule has 1 aliphatic rings. The van der Waals surface area contributed by atoms with E-state index in [9.17, 15) is 4.39 Å². The van der Waals surface area contributed by atoms with Crippen molar-refractivity contribution in [3.05, 3.63) is 78.1 Å². The van der Waals surface area contributed by atoms with Gasteiger partial charge in [-0.3, -0.25) is 4.68 Å². The molecule has 0 radical (unpaired) electrons. The van der Waals surface area contributed by atoms with Crippen molar-refractivity contribution in [1.82, 2.24) is 29.4 Å². The van der Waals surface area contributed by atoms with Gasteiger partial charge in [-0.15, -0.1) is 10.2 Å². The van der Waals surface area contributed by atoms with E-state index < -0.39 is 0 Å². The first-order valence-electron chi connectivity index (χ1n) is 11.1. The molecule has 35 heavy (non-hydrogen) atoms. The number of hydrogen-bond acceptors (Lipinski definition) is 7. The number of nitrogens with one attached hydrogen (secondary N) is 1. The van der Waals surface area contributed by atoms with E-state index in [0.29, 0.717) is 30.4 Å². The van der Waals surface area contributed by atoms with Gasteiger partial charge in [-0.05, 0) is 53.4 Å². The van der Waals surface area contributed by atoms with Crippen molar-refractivity contribution >= 4 is 17.3 Å². The van der Waals surface area contributed by atoms with Crippen LogP contribution in [0, 0.1) is 5.82 Å². The van der Waals surface area contributed by atoms with Crippen LogP contribution in [0.4, 0.5) is 16.0 Å². The van der Waals surface area contributed by atoms with Crippen molar-refractivity contribution in [3.63, 3.8) is 0 Å². The highest BCUT2D eigenvalue weighted by atomic mass is 19.1. The maximum Gasteiger partial charge on any atom is 0.201 e. The highest BCUT2D eigenvalue weighted by Gasteiger charge is 2.27. The van der Waals surface area contributed by atoms with E-state index in [-0.39, 0.29) is 17.5 Å². The summed E-state index contributed by atoms with van der Waals surface area (Å²) in [5, 5.41) is 16.3. The fourth-order valence-electron chi connectivity index (χ4n) is 4.38. The van der Waals surface area contributed by atoms with Crippen LogP contribution in [0.5, 0.6) is 11.6 Å². The second-order valence-corrected chi connectivity index (χ2v) is 8.41. The summed E-state index contributed by atoms with van der Waals surface area (Å²) in [6.07, 6.45) is 4.06. The second-order valence-electron chi connectivity index (χ2n) is 8.41. The normalized spacial score (nSPS) is 14.7. The van der Waals surface area contributed by atoms with Crippen LogP contribution in [0.2, 0.25) is 0 Å². The van der Waals surface area contributed by atoms with Gasteiger partial charge >= 0.3 is 0 Å². The van der Waals surface area contributed by atoms with E-state index in [1.54, 1.807) is 23.1 Å². The van der Waals surface area contributed by atoms with Gasteiger partial charge in [-0.2, -0.15) is 5.10 Å². The fourth-order valence-corrected chi connectivity index (χ4v) is 4.38. The van der Waals surface area contributed by atoms with Gasteiger partial charge in [0, 0.05) is 25.4 Å². The van der Waals surface area contributed by atoms with Crippen LogP contribution in [0.3, 0.4) is 0 Å². The largest absolute Gasteiger partial charge is 0.494 e. The summed E-state index contributed by atoms with van der Waals surface area (Å²) in [5.41, 5.74) is 3.44. The minimum absolute atomic E-state index is 0.0493. The van der Waals surface area contributed by atoms with Crippen LogP contribution >= 0.6 is 0 Å². The quantitative estimate of drug-likeness (QED) is 0.398. The summed E-state index contributed by atoms with van der Waals surface area (Å²) in [6.45, 7) is 0.425. The number of hydrogen-bond donors (Lipinski definition) is 1. The average molecular weight is 471 g/mol. The van der Waals surface area contributed by atoms with E-state index in [0.717, 1.165) is 28.3 Å². The molecule has 10 heteroatoms. The number of rotatable bonds is 6. The summed E-state index contributed by atoms with van der Waals surface area (Å²) >= 11 is 0.